The Morgan fingerprint density at radius 3 is 2.69 bits per heavy atom. The maximum Gasteiger partial charge on any atom is 0.124 e. The summed E-state index contributed by atoms with van der Waals surface area (Å²) in [4.78, 5) is 0. The van der Waals surface area contributed by atoms with Gasteiger partial charge in [0.1, 0.15) is 5.82 Å². The molecule has 16 heavy (non-hydrogen) atoms. The third kappa shape index (κ3) is 1.85. The lowest BCUT2D eigenvalue weighted by atomic mass is 9.58. The fourth-order valence-corrected chi connectivity index (χ4v) is 3.12. The van der Waals surface area contributed by atoms with Crippen LogP contribution >= 0.6 is 11.6 Å². The number of nitrogens with two attached hydrogens (primary N) is 1. The third-order valence-corrected chi connectivity index (χ3v) is 4.14. The number of hydrogen-bond donors (Lipinski definition) is 1. The lowest BCUT2D eigenvalue weighted by Crippen LogP contribution is -2.47. The predicted octanol–water partition coefficient (Wildman–Crippen LogP) is 3.50. The maximum atomic E-state index is 13.0. The molecule has 2 N–H and O–H groups in total. The van der Waals surface area contributed by atoms with Crippen LogP contribution in [0.3, 0.4) is 0 Å². The van der Waals surface area contributed by atoms with Crippen molar-refractivity contribution in [2.45, 2.75) is 31.6 Å². The summed E-state index contributed by atoms with van der Waals surface area (Å²) in [6, 6.07) is 4.64. The van der Waals surface area contributed by atoms with Crippen molar-refractivity contribution < 1.29 is 4.39 Å². The molecule has 1 aliphatic rings. The predicted molar refractivity (Wildman–Crippen MR) is 65.2 cm³/mol. The summed E-state index contributed by atoms with van der Waals surface area (Å²) >= 11 is 6.10. The third-order valence-electron chi connectivity index (χ3n) is 3.83. The first-order valence-corrected chi connectivity index (χ1v) is 6.14. The summed E-state index contributed by atoms with van der Waals surface area (Å²) in [5.41, 5.74) is 6.88. The zero-order valence-corrected chi connectivity index (χ0v) is 10.2. The topological polar surface area (TPSA) is 26.0 Å². The van der Waals surface area contributed by atoms with Crippen LogP contribution in [0.25, 0.3) is 0 Å². The molecular formula is C13H17ClFN. The summed E-state index contributed by atoms with van der Waals surface area (Å²) in [5, 5.41) is 0.514. The molecule has 3 heteroatoms. The summed E-state index contributed by atoms with van der Waals surface area (Å²) in [6.45, 7) is 2.78. The van der Waals surface area contributed by atoms with E-state index in [1.807, 2.05) is 0 Å². The van der Waals surface area contributed by atoms with Crippen molar-refractivity contribution in [3.05, 3.63) is 34.6 Å². The molecule has 88 valence electrons. The Kier molecular flexibility index (Phi) is 3.22. The van der Waals surface area contributed by atoms with Crippen LogP contribution in [-0.4, -0.2) is 6.54 Å². The van der Waals surface area contributed by atoms with Gasteiger partial charge in [0.05, 0.1) is 0 Å². The fourth-order valence-electron chi connectivity index (χ4n) is 2.75. The van der Waals surface area contributed by atoms with E-state index in [-0.39, 0.29) is 11.2 Å². The van der Waals surface area contributed by atoms with Crippen molar-refractivity contribution in [1.82, 2.24) is 0 Å². The van der Waals surface area contributed by atoms with Crippen LogP contribution in [0.5, 0.6) is 0 Å². The molecule has 2 rings (SSSR count). The Balaban J connectivity index is 2.28. The highest BCUT2D eigenvalue weighted by molar-refractivity contribution is 6.31. The molecule has 1 saturated carbocycles. The van der Waals surface area contributed by atoms with Gasteiger partial charge < -0.3 is 5.73 Å². The molecular weight excluding hydrogens is 225 g/mol. The summed E-state index contributed by atoms with van der Waals surface area (Å²) in [7, 11) is 0. The first kappa shape index (κ1) is 11.9. The van der Waals surface area contributed by atoms with Crippen LogP contribution in [0.15, 0.2) is 18.2 Å². The Bertz CT molecular complexity index is 386. The highest BCUT2D eigenvalue weighted by atomic mass is 35.5. The molecule has 0 amide bonds. The monoisotopic (exact) mass is 241 g/mol. The van der Waals surface area contributed by atoms with Gasteiger partial charge in [-0.15, -0.1) is 0 Å². The number of halogens is 2. The molecule has 0 atom stereocenters. The zero-order valence-electron chi connectivity index (χ0n) is 9.47. The fraction of sp³-hybridized carbons (Fsp3) is 0.538. The van der Waals surface area contributed by atoms with Gasteiger partial charge in [0, 0.05) is 17.0 Å². The highest BCUT2D eigenvalue weighted by Crippen LogP contribution is 2.50. The SMILES string of the molecule is CCC1CC(CN)(c2ccc(F)cc2Cl)C1. The summed E-state index contributed by atoms with van der Waals surface area (Å²) in [5.74, 6) is 0.456. The molecule has 0 heterocycles. The molecule has 0 saturated heterocycles. The van der Waals surface area contributed by atoms with Gasteiger partial charge in [-0.05, 0) is 36.5 Å². The molecule has 0 aromatic heterocycles. The van der Waals surface area contributed by atoms with Crippen LogP contribution < -0.4 is 5.73 Å². The minimum absolute atomic E-state index is 0.00847. The van der Waals surface area contributed by atoms with E-state index in [2.05, 4.69) is 6.92 Å². The quantitative estimate of drug-likeness (QED) is 0.861. The molecule has 1 nitrogen and oxygen atoms in total. The van der Waals surface area contributed by atoms with Gasteiger partial charge in [-0.1, -0.05) is 31.0 Å². The normalized spacial score (nSPS) is 28.9. The molecule has 0 spiro atoms. The van der Waals surface area contributed by atoms with E-state index in [1.165, 1.54) is 18.6 Å². The number of benzene rings is 1. The average Bonchev–Trinajstić information content (AvgIpc) is 2.20. The van der Waals surface area contributed by atoms with Crippen molar-refractivity contribution in [2.24, 2.45) is 11.7 Å². The Morgan fingerprint density at radius 1 is 1.50 bits per heavy atom. The van der Waals surface area contributed by atoms with Crippen molar-refractivity contribution in [2.75, 3.05) is 6.54 Å². The molecule has 0 bridgehead atoms. The van der Waals surface area contributed by atoms with E-state index in [4.69, 9.17) is 17.3 Å². The van der Waals surface area contributed by atoms with Crippen LogP contribution in [0.2, 0.25) is 5.02 Å². The lowest BCUT2D eigenvalue weighted by molar-refractivity contribution is 0.144. The molecule has 1 fully saturated rings. The van der Waals surface area contributed by atoms with E-state index < -0.39 is 0 Å². The second kappa shape index (κ2) is 4.34. The van der Waals surface area contributed by atoms with Crippen LogP contribution in [0, 0.1) is 11.7 Å². The van der Waals surface area contributed by atoms with E-state index >= 15 is 0 Å². The first-order valence-electron chi connectivity index (χ1n) is 5.77. The van der Waals surface area contributed by atoms with Crippen molar-refractivity contribution in [3.63, 3.8) is 0 Å². The second-order valence-electron chi connectivity index (χ2n) is 4.79. The van der Waals surface area contributed by atoms with E-state index in [0.29, 0.717) is 11.6 Å². The van der Waals surface area contributed by atoms with Gasteiger partial charge >= 0.3 is 0 Å². The minimum Gasteiger partial charge on any atom is -0.330 e. The van der Waals surface area contributed by atoms with E-state index in [0.717, 1.165) is 24.3 Å². The number of hydrogen-bond acceptors (Lipinski definition) is 1. The highest BCUT2D eigenvalue weighted by Gasteiger charge is 2.44. The molecule has 0 radical (unpaired) electrons. The van der Waals surface area contributed by atoms with Gasteiger partial charge in [0.2, 0.25) is 0 Å². The van der Waals surface area contributed by atoms with Crippen molar-refractivity contribution >= 4 is 11.6 Å². The van der Waals surface area contributed by atoms with Gasteiger partial charge in [-0.3, -0.25) is 0 Å². The Morgan fingerprint density at radius 2 is 2.19 bits per heavy atom. The largest absolute Gasteiger partial charge is 0.330 e. The second-order valence-corrected chi connectivity index (χ2v) is 5.20. The van der Waals surface area contributed by atoms with E-state index in [9.17, 15) is 4.39 Å². The first-order chi connectivity index (χ1) is 7.61. The van der Waals surface area contributed by atoms with Gasteiger partial charge in [0.15, 0.2) is 0 Å². The Hall–Kier alpha value is -0.600. The standard InChI is InChI=1S/C13H17ClFN/c1-2-9-6-13(7-9,8-16)11-4-3-10(15)5-12(11)14/h3-5,9H,2,6-8,16H2,1H3. The molecule has 1 aromatic carbocycles. The smallest absolute Gasteiger partial charge is 0.124 e. The van der Waals surface area contributed by atoms with E-state index in [1.54, 1.807) is 6.07 Å². The lowest BCUT2D eigenvalue weighted by Gasteiger charge is -2.48. The van der Waals surface area contributed by atoms with Gasteiger partial charge in [0.25, 0.3) is 0 Å². The zero-order chi connectivity index (χ0) is 11.8. The van der Waals surface area contributed by atoms with Gasteiger partial charge in [-0.2, -0.15) is 0 Å². The summed E-state index contributed by atoms with van der Waals surface area (Å²) < 4.78 is 13.0. The van der Waals surface area contributed by atoms with Crippen LogP contribution in [0.4, 0.5) is 4.39 Å². The maximum absolute atomic E-state index is 13.0. The summed E-state index contributed by atoms with van der Waals surface area (Å²) in [6.07, 6.45) is 3.33. The minimum atomic E-state index is -0.285. The average molecular weight is 242 g/mol. The van der Waals surface area contributed by atoms with Crippen LogP contribution in [0.1, 0.15) is 31.7 Å². The molecule has 1 aliphatic carbocycles. The van der Waals surface area contributed by atoms with Crippen LogP contribution in [-0.2, 0) is 5.41 Å². The van der Waals surface area contributed by atoms with Gasteiger partial charge in [-0.25, -0.2) is 4.39 Å². The molecule has 0 aliphatic heterocycles. The Labute approximate surface area is 101 Å². The molecule has 1 aromatic rings. The van der Waals surface area contributed by atoms with Crippen molar-refractivity contribution in [1.29, 1.82) is 0 Å². The molecule has 0 unspecified atom stereocenters. The van der Waals surface area contributed by atoms with Crippen molar-refractivity contribution in [3.8, 4) is 0 Å². The number of rotatable bonds is 3.